The highest BCUT2D eigenvalue weighted by Gasteiger charge is 2.16. The lowest BCUT2D eigenvalue weighted by atomic mass is 10.2. The van der Waals surface area contributed by atoms with E-state index in [0.717, 1.165) is 11.3 Å². The number of hydrogen-bond donors (Lipinski definition) is 1. The summed E-state index contributed by atoms with van der Waals surface area (Å²) >= 11 is 5.85. The van der Waals surface area contributed by atoms with E-state index >= 15 is 0 Å². The second-order valence-electron chi connectivity index (χ2n) is 4.66. The third-order valence-electron chi connectivity index (χ3n) is 3.10. The molecular weight excluding hydrogens is 304 g/mol. The van der Waals surface area contributed by atoms with Gasteiger partial charge in [-0.25, -0.2) is 4.98 Å². The van der Waals surface area contributed by atoms with Crippen LogP contribution in [-0.2, 0) is 6.54 Å². The molecule has 0 atom stereocenters. The van der Waals surface area contributed by atoms with Gasteiger partial charge in [0, 0.05) is 10.6 Å². The van der Waals surface area contributed by atoms with E-state index in [-0.39, 0.29) is 5.95 Å². The van der Waals surface area contributed by atoms with Gasteiger partial charge in [-0.1, -0.05) is 11.6 Å². The molecule has 0 aliphatic rings. The van der Waals surface area contributed by atoms with Crippen LogP contribution in [0.5, 0.6) is 5.95 Å². The molecule has 22 heavy (non-hydrogen) atoms. The zero-order valence-electron chi connectivity index (χ0n) is 11.8. The molecule has 1 N–H and O–H groups in total. The number of aromatic hydroxyl groups is 1. The van der Waals surface area contributed by atoms with Gasteiger partial charge in [0.25, 0.3) is 0 Å². The minimum absolute atomic E-state index is 0.259. The third-order valence-corrected chi connectivity index (χ3v) is 3.35. The fourth-order valence-corrected chi connectivity index (χ4v) is 2.06. The number of oxazole rings is 1. The molecule has 0 unspecified atom stereocenters. The molecular formula is C16H13ClN2O3. The van der Waals surface area contributed by atoms with Gasteiger partial charge in [-0.05, 0) is 43.3 Å². The molecule has 0 saturated heterocycles. The molecule has 1 aromatic carbocycles. The van der Waals surface area contributed by atoms with E-state index in [9.17, 15) is 5.11 Å². The zero-order valence-corrected chi connectivity index (χ0v) is 12.5. The van der Waals surface area contributed by atoms with Gasteiger partial charge >= 0.3 is 5.95 Å². The molecule has 3 rings (SSSR count). The quantitative estimate of drug-likeness (QED) is 0.728. The average Bonchev–Trinajstić information content (AvgIpc) is 3.15. The Kier molecular flexibility index (Phi) is 3.98. The van der Waals surface area contributed by atoms with Crippen molar-refractivity contribution in [2.45, 2.75) is 13.5 Å². The summed E-state index contributed by atoms with van der Waals surface area (Å²) in [5, 5.41) is 10.5. The monoisotopic (exact) mass is 316 g/mol. The molecule has 0 fully saturated rings. The Morgan fingerprint density at radius 3 is 2.73 bits per heavy atom. The van der Waals surface area contributed by atoms with Crippen LogP contribution >= 0.6 is 11.6 Å². The Morgan fingerprint density at radius 2 is 2.05 bits per heavy atom. The van der Waals surface area contributed by atoms with Crippen molar-refractivity contribution in [3.8, 4) is 17.4 Å². The van der Waals surface area contributed by atoms with E-state index in [1.54, 1.807) is 43.5 Å². The van der Waals surface area contributed by atoms with Crippen molar-refractivity contribution >= 4 is 17.3 Å². The van der Waals surface area contributed by atoms with Crippen LogP contribution in [0.15, 0.2) is 56.5 Å². The first-order chi connectivity index (χ1) is 10.6. The van der Waals surface area contributed by atoms with Gasteiger partial charge in [0.15, 0.2) is 5.69 Å². The SMILES string of the molecule is CC(=NCc1ccco1)c1nc(-c2ccc(Cl)cc2)oc1O. The molecule has 112 valence electrons. The Labute approximate surface area is 131 Å². The van der Waals surface area contributed by atoms with Gasteiger partial charge in [0.1, 0.15) is 5.76 Å². The van der Waals surface area contributed by atoms with E-state index in [4.69, 9.17) is 20.4 Å². The molecule has 0 aliphatic carbocycles. The van der Waals surface area contributed by atoms with Crippen molar-refractivity contribution in [1.82, 2.24) is 4.98 Å². The Hall–Kier alpha value is -2.53. The van der Waals surface area contributed by atoms with Crippen LogP contribution in [0.1, 0.15) is 18.4 Å². The Morgan fingerprint density at radius 1 is 1.27 bits per heavy atom. The van der Waals surface area contributed by atoms with Gasteiger partial charge < -0.3 is 13.9 Å². The Bertz CT molecular complexity index is 789. The topological polar surface area (TPSA) is 71.8 Å². The molecule has 0 bridgehead atoms. The predicted octanol–water partition coefficient (Wildman–Crippen LogP) is 4.30. The number of aliphatic imine (C=N–C) groups is 1. The number of rotatable bonds is 4. The van der Waals surface area contributed by atoms with Gasteiger partial charge in [-0.15, -0.1) is 0 Å². The molecule has 0 spiro atoms. The summed E-state index contributed by atoms with van der Waals surface area (Å²) in [6, 6.07) is 10.6. The summed E-state index contributed by atoms with van der Waals surface area (Å²) < 4.78 is 10.5. The van der Waals surface area contributed by atoms with E-state index in [1.165, 1.54) is 0 Å². The molecule has 5 nitrogen and oxygen atoms in total. The minimum atomic E-state index is -0.259. The molecule has 2 aromatic heterocycles. The first kappa shape index (κ1) is 14.4. The zero-order chi connectivity index (χ0) is 15.5. The second kappa shape index (κ2) is 6.07. The van der Waals surface area contributed by atoms with Crippen molar-refractivity contribution in [2.24, 2.45) is 4.99 Å². The van der Waals surface area contributed by atoms with E-state index in [2.05, 4.69) is 9.98 Å². The van der Waals surface area contributed by atoms with Crippen LogP contribution in [-0.4, -0.2) is 15.8 Å². The minimum Gasteiger partial charge on any atom is -0.479 e. The highest BCUT2D eigenvalue weighted by molar-refractivity contribution is 6.30. The standard InChI is InChI=1S/C16H13ClN2O3/c1-10(18-9-13-3-2-8-21-13)14-16(20)22-15(19-14)11-4-6-12(17)7-5-11/h2-8,20H,9H2,1H3. The van der Waals surface area contributed by atoms with Crippen molar-refractivity contribution in [3.05, 3.63) is 59.1 Å². The number of nitrogens with zero attached hydrogens (tertiary/aromatic N) is 2. The second-order valence-corrected chi connectivity index (χ2v) is 5.10. The third kappa shape index (κ3) is 3.04. The highest BCUT2D eigenvalue weighted by Crippen LogP contribution is 2.27. The fourth-order valence-electron chi connectivity index (χ4n) is 1.94. The van der Waals surface area contributed by atoms with Crippen molar-refractivity contribution in [1.29, 1.82) is 0 Å². The number of aromatic nitrogens is 1. The molecule has 0 saturated carbocycles. The summed E-state index contributed by atoms with van der Waals surface area (Å²) in [6.07, 6.45) is 1.59. The molecule has 2 heterocycles. The summed E-state index contributed by atoms with van der Waals surface area (Å²) in [7, 11) is 0. The van der Waals surface area contributed by atoms with Crippen LogP contribution in [0.4, 0.5) is 0 Å². The lowest BCUT2D eigenvalue weighted by Crippen LogP contribution is -1.96. The normalized spacial score (nSPS) is 11.8. The average molecular weight is 317 g/mol. The molecule has 0 aliphatic heterocycles. The van der Waals surface area contributed by atoms with Crippen molar-refractivity contribution in [3.63, 3.8) is 0 Å². The largest absolute Gasteiger partial charge is 0.479 e. The van der Waals surface area contributed by atoms with Crippen LogP contribution in [0.3, 0.4) is 0 Å². The first-order valence-electron chi connectivity index (χ1n) is 6.63. The van der Waals surface area contributed by atoms with E-state index in [0.29, 0.717) is 28.9 Å². The fraction of sp³-hybridized carbons (Fsp3) is 0.125. The summed E-state index contributed by atoms with van der Waals surface area (Å²) in [5.41, 5.74) is 1.61. The highest BCUT2D eigenvalue weighted by atomic mass is 35.5. The summed E-state index contributed by atoms with van der Waals surface area (Å²) in [6.45, 7) is 2.13. The summed E-state index contributed by atoms with van der Waals surface area (Å²) in [5.74, 6) is 0.794. The van der Waals surface area contributed by atoms with Gasteiger partial charge in [0.2, 0.25) is 5.89 Å². The van der Waals surface area contributed by atoms with Crippen LogP contribution in [0.25, 0.3) is 11.5 Å². The summed E-state index contributed by atoms with van der Waals surface area (Å²) in [4.78, 5) is 8.63. The van der Waals surface area contributed by atoms with Crippen molar-refractivity contribution in [2.75, 3.05) is 0 Å². The first-order valence-corrected chi connectivity index (χ1v) is 7.01. The maximum atomic E-state index is 9.92. The van der Waals surface area contributed by atoms with Gasteiger partial charge in [-0.3, -0.25) is 4.99 Å². The smallest absolute Gasteiger partial charge is 0.312 e. The molecule has 3 aromatic rings. The lowest BCUT2D eigenvalue weighted by molar-refractivity contribution is 0.336. The molecule has 6 heteroatoms. The predicted molar refractivity (Wildman–Crippen MR) is 83.2 cm³/mol. The van der Waals surface area contributed by atoms with E-state index < -0.39 is 0 Å². The molecule has 0 radical (unpaired) electrons. The Balaban J connectivity index is 1.85. The van der Waals surface area contributed by atoms with Gasteiger partial charge in [-0.2, -0.15) is 0 Å². The van der Waals surface area contributed by atoms with Crippen molar-refractivity contribution < 1.29 is 13.9 Å². The van der Waals surface area contributed by atoms with Gasteiger partial charge in [0.05, 0.1) is 18.5 Å². The van der Waals surface area contributed by atoms with Crippen LogP contribution in [0.2, 0.25) is 5.02 Å². The molecule has 0 amide bonds. The van der Waals surface area contributed by atoms with Crippen LogP contribution in [0, 0.1) is 0 Å². The number of halogens is 1. The maximum absolute atomic E-state index is 9.92. The van der Waals surface area contributed by atoms with E-state index in [1.807, 2.05) is 6.07 Å². The van der Waals surface area contributed by atoms with Crippen LogP contribution < -0.4 is 0 Å². The lowest BCUT2D eigenvalue weighted by Gasteiger charge is -1.95. The maximum Gasteiger partial charge on any atom is 0.312 e. The number of furan rings is 1. The number of benzene rings is 1. The number of hydrogen-bond acceptors (Lipinski definition) is 5.